The third kappa shape index (κ3) is 2.61. The summed E-state index contributed by atoms with van der Waals surface area (Å²) in [4.78, 5) is 21.1. The Labute approximate surface area is 140 Å². The molecular formula is C16H11ClN6O. The van der Waals surface area contributed by atoms with Crippen LogP contribution in [0.5, 0.6) is 0 Å². The van der Waals surface area contributed by atoms with Crippen molar-refractivity contribution in [2.75, 3.05) is 10.9 Å². The third-order valence-corrected chi connectivity index (χ3v) is 3.67. The number of hydrogen-bond acceptors (Lipinski definition) is 6. The maximum absolute atomic E-state index is 12.1. The largest absolute Gasteiger partial charge is 0.301 e. The van der Waals surface area contributed by atoms with E-state index in [1.807, 2.05) is 30.3 Å². The fourth-order valence-corrected chi connectivity index (χ4v) is 2.51. The van der Waals surface area contributed by atoms with Crippen LogP contribution in [0.25, 0.3) is 22.2 Å². The van der Waals surface area contributed by atoms with Gasteiger partial charge < -0.3 is 5.43 Å². The summed E-state index contributed by atoms with van der Waals surface area (Å²) >= 11 is 5.95. The summed E-state index contributed by atoms with van der Waals surface area (Å²) in [6.07, 6.45) is 0. The highest BCUT2D eigenvalue weighted by Crippen LogP contribution is 2.19. The summed E-state index contributed by atoms with van der Waals surface area (Å²) in [5.74, 6) is 0. The molecule has 8 heteroatoms. The number of benzene rings is 2. The summed E-state index contributed by atoms with van der Waals surface area (Å²) in [6, 6.07) is 14.5. The lowest BCUT2D eigenvalue weighted by Crippen LogP contribution is -2.20. The van der Waals surface area contributed by atoms with Gasteiger partial charge in [0, 0.05) is 5.02 Å². The van der Waals surface area contributed by atoms with Crippen LogP contribution in [0.2, 0.25) is 5.02 Å². The number of hydrazine groups is 1. The second-order valence-electron chi connectivity index (χ2n) is 5.07. The number of para-hydroxylation sites is 2. The van der Waals surface area contributed by atoms with E-state index in [1.165, 1.54) is 0 Å². The molecule has 7 nitrogen and oxygen atoms in total. The Balaban J connectivity index is 1.80. The predicted octanol–water partition coefficient (Wildman–Crippen LogP) is 2.96. The van der Waals surface area contributed by atoms with Crippen LogP contribution in [0, 0.1) is 0 Å². The van der Waals surface area contributed by atoms with Gasteiger partial charge in [-0.25, -0.2) is 15.1 Å². The summed E-state index contributed by atoms with van der Waals surface area (Å²) in [7, 11) is 0. The highest BCUT2D eigenvalue weighted by molar-refractivity contribution is 6.30. The van der Waals surface area contributed by atoms with E-state index in [4.69, 9.17) is 11.6 Å². The lowest BCUT2D eigenvalue weighted by Gasteiger charge is -2.10. The monoisotopic (exact) mass is 338 g/mol. The first-order valence-corrected chi connectivity index (χ1v) is 7.51. The Morgan fingerprint density at radius 1 is 0.958 bits per heavy atom. The normalized spacial score (nSPS) is 10.9. The van der Waals surface area contributed by atoms with Crippen LogP contribution in [-0.2, 0) is 0 Å². The molecule has 0 aliphatic rings. The van der Waals surface area contributed by atoms with Crippen LogP contribution >= 0.6 is 11.6 Å². The number of nitrogens with zero attached hydrogens (tertiary/aromatic N) is 3. The van der Waals surface area contributed by atoms with Gasteiger partial charge in [0.15, 0.2) is 5.69 Å². The van der Waals surface area contributed by atoms with E-state index in [-0.39, 0.29) is 5.69 Å². The van der Waals surface area contributed by atoms with Gasteiger partial charge in [0.25, 0.3) is 5.56 Å². The van der Waals surface area contributed by atoms with Gasteiger partial charge >= 0.3 is 0 Å². The van der Waals surface area contributed by atoms with Gasteiger partial charge in [-0.05, 0) is 30.3 Å². The molecule has 24 heavy (non-hydrogen) atoms. The van der Waals surface area contributed by atoms with Gasteiger partial charge in [-0.3, -0.25) is 10.2 Å². The second-order valence-corrected chi connectivity index (χ2v) is 5.51. The Morgan fingerprint density at radius 2 is 1.75 bits per heavy atom. The van der Waals surface area contributed by atoms with Crippen molar-refractivity contribution in [3.05, 3.63) is 63.9 Å². The number of fused-ring (bicyclic) bond motifs is 2. The van der Waals surface area contributed by atoms with Crippen LogP contribution in [0.3, 0.4) is 0 Å². The van der Waals surface area contributed by atoms with Crippen LogP contribution in [0.4, 0.5) is 11.4 Å². The average Bonchev–Trinajstić information content (AvgIpc) is 2.59. The topological polar surface area (TPSA) is 95.6 Å². The van der Waals surface area contributed by atoms with Crippen LogP contribution in [-0.4, -0.2) is 20.2 Å². The molecule has 0 fully saturated rings. The lowest BCUT2D eigenvalue weighted by atomic mass is 10.3. The van der Waals surface area contributed by atoms with E-state index in [2.05, 4.69) is 31.0 Å². The number of hydrogen-bond donors (Lipinski definition) is 3. The molecule has 0 saturated heterocycles. The molecule has 2 heterocycles. The fourth-order valence-electron chi connectivity index (χ4n) is 2.32. The minimum absolute atomic E-state index is 0.234. The minimum atomic E-state index is -0.401. The van der Waals surface area contributed by atoms with E-state index in [1.54, 1.807) is 18.2 Å². The molecule has 0 spiro atoms. The number of nitrogens with one attached hydrogen (secondary N) is 3. The first kappa shape index (κ1) is 14.4. The summed E-state index contributed by atoms with van der Waals surface area (Å²) in [6.45, 7) is 0. The Morgan fingerprint density at radius 3 is 2.54 bits per heavy atom. The molecule has 4 aromatic rings. The predicted molar refractivity (Wildman–Crippen MR) is 94.2 cm³/mol. The molecule has 3 N–H and O–H groups in total. The van der Waals surface area contributed by atoms with Gasteiger partial charge in [0.1, 0.15) is 5.52 Å². The second kappa shape index (κ2) is 5.78. The van der Waals surface area contributed by atoms with Crippen LogP contribution in [0.1, 0.15) is 0 Å². The first-order valence-electron chi connectivity index (χ1n) is 7.13. The number of aromatic amines is 1. The van der Waals surface area contributed by atoms with Crippen LogP contribution in [0.15, 0.2) is 53.3 Å². The number of halogens is 1. The molecule has 2 aromatic carbocycles. The Bertz CT molecular complexity index is 1110. The molecule has 0 amide bonds. The van der Waals surface area contributed by atoms with Crippen molar-refractivity contribution in [3.8, 4) is 0 Å². The van der Waals surface area contributed by atoms with E-state index >= 15 is 0 Å². The maximum atomic E-state index is 12.1. The molecule has 0 aliphatic carbocycles. The highest BCUT2D eigenvalue weighted by atomic mass is 35.5. The molecule has 2 aromatic heterocycles. The number of H-pyrrole nitrogens is 1. The molecule has 4 rings (SSSR count). The van der Waals surface area contributed by atoms with E-state index in [0.29, 0.717) is 32.9 Å². The van der Waals surface area contributed by atoms with Crippen molar-refractivity contribution in [3.63, 3.8) is 0 Å². The van der Waals surface area contributed by atoms with Gasteiger partial charge in [-0.1, -0.05) is 29.8 Å². The molecule has 0 aliphatic heterocycles. The fraction of sp³-hybridized carbons (Fsp3) is 0. The lowest BCUT2D eigenvalue weighted by molar-refractivity contribution is 1.01. The van der Waals surface area contributed by atoms with Gasteiger partial charge in [0.2, 0.25) is 5.65 Å². The van der Waals surface area contributed by atoms with Crippen molar-refractivity contribution in [1.82, 2.24) is 20.2 Å². The minimum Gasteiger partial charge on any atom is -0.301 e. The van der Waals surface area contributed by atoms with Gasteiger partial charge in [-0.15, -0.1) is 0 Å². The Kier molecular flexibility index (Phi) is 3.47. The zero-order valence-electron chi connectivity index (χ0n) is 12.2. The molecule has 0 unspecified atom stereocenters. The zero-order chi connectivity index (χ0) is 16.5. The number of aromatic nitrogens is 4. The van der Waals surface area contributed by atoms with Crippen molar-refractivity contribution < 1.29 is 0 Å². The van der Waals surface area contributed by atoms with Crippen LogP contribution < -0.4 is 16.4 Å². The first-order chi connectivity index (χ1) is 11.7. The van der Waals surface area contributed by atoms with Crippen molar-refractivity contribution >= 4 is 45.2 Å². The SMILES string of the molecule is O=c1[nH]nc2nc3ccccc3nc2c1NNc1cccc(Cl)c1. The number of anilines is 2. The molecular weight excluding hydrogens is 328 g/mol. The molecule has 0 bridgehead atoms. The summed E-state index contributed by atoms with van der Waals surface area (Å²) in [5.41, 5.74) is 8.47. The van der Waals surface area contributed by atoms with Crippen molar-refractivity contribution in [2.24, 2.45) is 0 Å². The van der Waals surface area contributed by atoms with Gasteiger partial charge in [0.05, 0.1) is 16.7 Å². The van der Waals surface area contributed by atoms with Crippen molar-refractivity contribution in [2.45, 2.75) is 0 Å². The van der Waals surface area contributed by atoms with E-state index in [0.717, 1.165) is 0 Å². The van der Waals surface area contributed by atoms with Crippen molar-refractivity contribution in [1.29, 1.82) is 0 Å². The molecule has 118 valence electrons. The average molecular weight is 339 g/mol. The standard InChI is InChI=1S/C16H11ClN6O/c17-9-4-3-5-10(8-9)20-21-14-13-15(22-23-16(14)24)19-12-7-2-1-6-11(12)18-13/h1-8,20H,(H,23,24)(H,19,21,22). The van der Waals surface area contributed by atoms with E-state index in [9.17, 15) is 4.79 Å². The maximum Gasteiger partial charge on any atom is 0.291 e. The van der Waals surface area contributed by atoms with Gasteiger partial charge in [-0.2, -0.15) is 5.10 Å². The highest BCUT2D eigenvalue weighted by Gasteiger charge is 2.11. The summed E-state index contributed by atoms with van der Waals surface area (Å²) < 4.78 is 0. The smallest absolute Gasteiger partial charge is 0.291 e. The third-order valence-electron chi connectivity index (χ3n) is 3.44. The quantitative estimate of drug-likeness (QED) is 0.392. The number of rotatable bonds is 3. The summed E-state index contributed by atoms with van der Waals surface area (Å²) in [5, 5.41) is 6.96. The molecule has 0 atom stereocenters. The Hall–Kier alpha value is -3.19. The molecule has 0 saturated carbocycles. The van der Waals surface area contributed by atoms with E-state index < -0.39 is 5.56 Å². The zero-order valence-corrected chi connectivity index (χ0v) is 13.0. The molecule has 0 radical (unpaired) electrons.